The molecule has 1 N–H and O–H groups in total. The number of hydrogen-bond acceptors (Lipinski definition) is 5. The first kappa shape index (κ1) is 18.5. The highest BCUT2D eigenvalue weighted by atomic mass is 32.2. The Balaban J connectivity index is 1.44. The number of aromatic nitrogens is 1. The quantitative estimate of drug-likeness (QED) is 0.717. The van der Waals surface area contributed by atoms with Gasteiger partial charge in [-0.25, -0.2) is 8.42 Å². The fourth-order valence-electron chi connectivity index (χ4n) is 4.81. The topological polar surface area (TPSA) is 75.4 Å². The normalized spacial score (nSPS) is 24.3. The van der Waals surface area contributed by atoms with Crippen LogP contribution in [0.1, 0.15) is 22.9 Å². The number of nitrogens with one attached hydrogen (secondary N) is 1. The van der Waals surface area contributed by atoms with Crippen molar-refractivity contribution in [2.75, 3.05) is 13.1 Å². The lowest BCUT2D eigenvalue weighted by Crippen LogP contribution is -2.73. The molecule has 29 heavy (non-hydrogen) atoms. The number of hydrogen-bond donors (Lipinski definition) is 1. The summed E-state index contributed by atoms with van der Waals surface area (Å²) in [4.78, 5) is 0.215. The Morgan fingerprint density at radius 3 is 2.17 bits per heavy atom. The molecule has 0 aliphatic carbocycles. The largest absolute Gasteiger partial charge is 0.360 e. The van der Waals surface area contributed by atoms with E-state index in [4.69, 9.17) is 4.52 Å². The minimum absolute atomic E-state index is 0.102. The minimum atomic E-state index is -3.63. The van der Waals surface area contributed by atoms with Gasteiger partial charge in [0.05, 0.1) is 0 Å². The molecule has 1 aromatic heterocycles. The van der Waals surface area contributed by atoms with Gasteiger partial charge in [-0.05, 0) is 30.5 Å². The molecule has 0 radical (unpaired) electrons. The molecule has 0 amide bonds. The maximum Gasteiger partial charge on any atom is 0.249 e. The molecule has 2 aliphatic heterocycles. The summed E-state index contributed by atoms with van der Waals surface area (Å²) in [6.45, 7) is 4.62. The highest BCUT2D eigenvalue weighted by Gasteiger charge is 2.57. The van der Waals surface area contributed by atoms with Crippen LogP contribution in [-0.2, 0) is 10.0 Å². The van der Waals surface area contributed by atoms with E-state index in [1.54, 1.807) is 18.2 Å². The Bertz CT molecular complexity index is 1110. The second-order valence-electron chi connectivity index (χ2n) is 7.80. The molecule has 0 spiro atoms. The van der Waals surface area contributed by atoms with Crippen molar-refractivity contribution in [3.8, 4) is 11.1 Å². The van der Waals surface area contributed by atoms with Gasteiger partial charge in [-0.2, -0.15) is 4.31 Å². The molecule has 7 heteroatoms. The predicted molar refractivity (Wildman–Crippen MR) is 110 cm³/mol. The smallest absolute Gasteiger partial charge is 0.249 e. The number of piperidine rings is 1. The van der Waals surface area contributed by atoms with Gasteiger partial charge in [0.1, 0.15) is 10.6 Å². The van der Waals surface area contributed by atoms with E-state index >= 15 is 0 Å². The van der Waals surface area contributed by atoms with E-state index < -0.39 is 10.0 Å². The zero-order valence-corrected chi connectivity index (χ0v) is 17.2. The summed E-state index contributed by atoms with van der Waals surface area (Å²) >= 11 is 0. The second-order valence-corrected chi connectivity index (χ2v) is 9.58. The van der Waals surface area contributed by atoms with Gasteiger partial charge in [-0.3, -0.25) is 0 Å². The van der Waals surface area contributed by atoms with Crippen LogP contribution in [0.4, 0.5) is 0 Å². The van der Waals surface area contributed by atoms with Crippen LogP contribution in [0.25, 0.3) is 11.1 Å². The molecule has 2 saturated heterocycles. The first-order chi connectivity index (χ1) is 14.0. The maximum absolute atomic E-state index is 13.3. The van der Waals surface area contributed by atoms with Gasteiger partial charge < -0.3 is 9.84 Å². The Morgan fingerprint density at radius 1 is 0.966 bits per heavy atom. The molecule has 2 aliphatic rings. The molecule has 3 heterocycles. The number of rotatable bonds is 4. The van der Waals surface area contributed by atoms with E-state index in [1.807, 2.05) is 18.2 Å². The molecular formula is C22H23N3O3S. The fourth-order valence-corrected chi connectivity index (χ4v) is 6.95. The van der Waals surface area contributed by atoms with Crippen LogP contribution in [0, 0.1) is 13.8 Å². The van der Waals surface area contributed by atoms with Crippen molar-refractivity contribution in [2.45, 2.75) is 36.7 Å². The molecule has 3 aromatic rings. The Morgan fingerprint density at radius 2 is 1.59 bits per heavy atom. The van der Waals surface area contributed by atoms with E-state index in [1.165, 1.54) is 11.1 Å². The minimum Gasteiger partial charge on any atom is -0.360 e. The second kappa shape index (κ2) is 6.79. The van der Waals surface area contributed by atoms with Crippen LogP contribution >= 0.6 is 0 Å². The molecule has 0 saturated carbocycles. The monoisotopic (exact) mass is 409 g/mol. The van der Waals surface area contributed by atoms with E-state index in [-0.39, 0.29) is 22.9 Å². The molecule has 2 bridgehead atoms. The standard InChI is InChI=1S/C22H23N3O3S/c1-14-22(15(2)28-24-14)29(26,27)25-19-12-23-13-20(25)21(19)18-10-8-17(9-11-18)16-6-4-3-5-7-16/h3-11,19-21,23H,12-13H2,1-2H3/t19-,20+,21?. The van der Waals surface area contributed by atoms with Crippen LogP contribution in [0.5, 0.6) is 0 Å². The van der Waals surface area contributed by atoms with Crippen LogP contribution in [0.15, 0.2) is 64.0 Å². The summed E-state index contributed by atoms with van der Waals surface area (Å²) in [5.41, 5.74) is 3.95. The summed E-state index contributed by atoms with van der Waals surface area (Å²) in [5, 5.41) is 7.19. The zero-order chi connectivity index (χ0) is 20.2. The Kier molecular flexibility index (Phi) is 4.34. The molecule has 2 aromatic carbocycles. The van der Waals surface area contributed by atoms with Crippen molar-refractivity contribution in [1.82, 2.24) is 14.8 Å². The molecule has 3 atom stereocenters. The van der Waals surface area contributed by atoms with Crippen LogP contribution < -0.4 is 5.32 Å². The van der Waals surface area contributed by atoms with Crippen LogP contribution in [0.3, 0.4) is 0 Å². The number of piperazine rings is 1. The number of aryl methyl sites for hydroxylation is 2. The van der Waals surface area contributed by atoms with Gasteiger partial charge in [0.2, 0.25) is 10.0 Å². The lowest BCUT2D eigenvalue weighted by molar-refractivity contribution is 0.0369. The van der Waals surface area contributed by atoms with E-state index in [0.717, 1.165) is 5.56 Å². The first-order valence-electron chi connectivity index (χ1n) is 9.81. The molecule has 2 fully saturated rings. The highest BCUT2D eigenvalue weighted by Crippen LogP contribution is 2.46. The first-order valence-corrected chi connectivity index (χ1v) is 11.2. The lowest BCUT2D eigenvalue weighted by Gasteiger charge is -2.57. The van der Waals surface area contributed by atoms with Gasteiger partial charge in [-0.1, -0.05) is 59.8 Å². The van der Waals surface area contributed by atoms with Crippen molar-refractivity contribution < 1.29 is 12.9 Å². The third-order valence-corrected chi connectivity index (χ3v) is 8.29. The predicted octanol–water partition coefficient (Wildman–Crippen LogP) is 3.09. The fraction of sp³-hybridized carbons (Fsp3) is 0.318. The number of fused-ring (bicyclic) bond motifs is 2. The van der Waals surface area contributed by atoms with E-state index in [0.29, 0.717) is 24.5 Å². The van der Waals surface area contributed by atoms with Crippen molar-refractivity contribution in [3.63, 3.8) is 0 Å². The molecular weight excluding hydrogens is 386 g/mol. The zero-order valence-electron chi connectivity index (χ0n) is 16.4. The molecule has 5 rings (SSSR count). The van der Waals surface area contributed by atoms with Gasteiger partial charge in [0, 0.05) is 31.1 Å². The average molecular weight is 410 g/mol. The van der Waals surface area contributed by atoms with E-state index in [9.17, 15) is 8.42 Å². The lowest BCUT2D eigenvalue weighted by atomic mass is 9.74. The Hall–Kier alpha value is -2.48. The van der Waals surface area contributed by atoms with Crippen molar-refractivity contribution in [1.29, 1.82) is 0 Å². The summed E-state index contributed by atoms with van der Waals surface area (Å²) in [6.07, 6.45) is 0. The van der Waals surface area contributed by atoms with Crippen LogP contribution in [-0.4, -0.2) is 43.1 Å². The highest BCUT2D eigenvalue weighted by molar-refractivity contribution is 7.89. The SMILES string of the molecule is Cc1noc(C)c1S(=O)(=O)N1[C@@H]2CNC[C@H]1C2c1ccc(-c2ccccc2)cc1. The average Bonchev–Trinajstić information content (AvgIpc) is 3.08. The summed E-state index contributed by atoms with van der Waals surface area (Å²) in [6, 6.07) is 18.6. The molecule has 150 valence electrons. The van der Waals surface area contributed by atoms with Gasteiger partial charge in [-0.15, -0.1) is 0 Å². The van der Waals surface area contributed by atoms with Crippen LogP contribution in [0.2, 0.25) is 0 Å². The van der Waals surface area contributed by atoms with Gasteiger partial charge >= 0.3 is 0 Å². The summed E-state index contributed by atoms with van der Waals surface area (Å²) < 4.78 is 33.5. The van der Waals surface area contributed by atoms with Gasteiger partial charge in [0.25, 0.3) is 0 Å². The summed E-state index contributed by atoms with van der Waals surface area (Å²) in [7, 11) is -3.63. The van der Waals surface area contributed by atoms with Crippen molar-refractivity contribution >= 4 is 10.0 Å². The number of sulfonamides is 1. The van der Waals surface area contributed by atoms with Gasteiger partial charge in [0.15, 0.2) is 5.76 Å². The number of benzene rings is 2. The maximum atomic E-state index is 13.3. The third kappa shape index (κ3) is 2.84. The molecule has 1 unspecified atom stereocenters. The third-order valence-electron chi connectivity index (χ3n) is 6.10. The summed E-state index contributed by atoms with van der Waals surface area (Å²) in [5.74, 6) is 0.542. The van der Waals surface area contributed by atoms with Crippen molar-refractivity contribution in [2.24, 2.45) is 0 Å². The number of nitrogens with zero attached hydrogens (tertiary/aromatic N) is 2. The van der Waals surface area contributed by atoms with Crippen molar-refractivity contribution in [3.05, 3.63) is 71.6 Å². The Labute approximate surface area is 170 Å². The molecule has 6 nitrogen and oxygen atoms in total. The van der Waals surface area contributed by atoms with E-state index in [2.05, 4.69) is 46.9 Å².